The van der Waals surface area contributed by atoms with Gasteiger partial charge in [-0.05, 0) is 38.0 Å². The van der Waals surface area contributed by atoms with E-state index in [2.05, 4.69) is 5.32 Å². The van der Waals surface area contributed by atoms with Crippen LogP contribution in [0.25, 0.3) is 0 Å². The van der Waals surface area contributed by atoms with Gasteiger partial charge in [-0.15, -0.1) is 0 Å². The Kier molecular flexibility index (Phi) is 7.04. The third-order valence-electron chi connectivity index (χ3n) is 4.61. The highest BCUT2D eigenvalue weighted by Crippen LogP contribution is 2.33. The first-order valence-corrected chi connectivity index (χ1v) is 11.0. The van der Waals surface area contributed by atoms with Crippen LogP contribution in [-0.4, -0.2) is 39.2 Å². The number of rotatable bonds is 8. The van der Waals surface area contributed by atoms with Crippen molar-refractivity contribution in [1.29, 1.82) is 0 Å². The number of hydrogen-bond acceptors (Lipinski definition) is 6. The van der Waals surface area contributed by atoms with Crippen molar-refractivity contribution >= 4 is 27.3 Å². The van der Waals surface area contributed by atoms with E-state index in [1.54, 1.807) is 6.92 Å². The number of non-ortho nitro benzene ring substituents is 1. The molecule has 0 aliphatic carbocycles. The molecule has 2 aromatic carbocycles. The monoisotopic (exact) mass is 435 g/mol. The van der Waals surface area contributed by atoms with Crippen molar-refractivity contribution in [3.8, 4) is 5.75 Å². The molecule has 1 amide bonds. The number of nitro benzene ring substituents is 1. The van der Waals surface area contributed by atoms with Crippen LogP contribution in [-0.2, 0) is 14.8 Å². The molecule has 1 N–H and O–H groups in total. The van der Waals surface area contributed by atoms with Gasteiger partial charge in [0.2, 0.25) is 15.9 Å². The van der Waals surface area contributed by atoms with Crippen molar-refractivity contribution in [2.24, 2.45) is 0 Å². The summed E-state index contributed by atoms with van der Waals surface area (Å²) in [6, 6.07) is 9.08. The Labute approximate surface area is 175 Å². The first kappa shape index (κ1) is 23.1. The third-order valence-corrected chi connectivity index (χ3v) is 5.73. The Morgan fingerprint density at radius 3 is 2.47 bits per heavy atom. The van der Waals surface area contributed by atoms with E-state index in [1.807, 2.05) is 32.0 Å². The molecule has 0 radical (unpaired) electrons. The van der Waals surface area contributed by atoms with Crippen molar-refractivity contribution in [1.82, 2.24) is 5.32 Å². The lowest BCUT2D eigenvalue weighted by molar-refractivity contribution is -0.384. The molecule has 0 aliphatic rings. The maximum Gasteiger partial charge on any atom is 0.271 e. The zero-order valence-electron chi connectivity index (χ0n) is 17.5. The lowest BCUT2D eigenvalue weighted by Gasteiger charge is -2.25. The maximum atomic E-state index is 12.7. The van der Waals surface area contributed by atoms with Gasteiger partial charge in [0.25, 0.3) is 5.69 Å². The number of nitrogens with zero attached hydrogens (tertiary/aromatic N) is 2. The summed E-state index contributed by atoms with van der Waals surface area (Å²) >= 11 is 0. The number of aryl methyl sites for hydroxylation is 2. The highest BCUT2D eigenvalue weighted by Gasteiger charge is 2.27. The molecule has 2 aromatic rings. The summed E-state index contributed by atoms with van der Waals surface area (Å²) in [5.41, 5.74) is 2.55. The molecule has 0 aromatic heterocycles. The van der Waals surface area contributed by atoms with Crippen molar-refractivity contribution in [2.45, 2.75) is 26.8 Å². The summed E-state index contributed by atoms with van der Waals surface area (Å²) in [6.45, 7) is 5.12. The van der Waals surface area contributed by atoms with Gasteiger partial charge >= 0.3 is 0 Å². The van der Waals surface area contributed by atoms with E-state index in [0.29, 0.717) is 0 Å². The number of hydrogen-bond donors (Lipinski definition) is 1. The minimum absolute atomic E-state index is 0.0799. The van der Waals surface area contributed by atoms with Crippen LogP contribution in [0.15, 0.2) is 36.4 Å². The molecule has 162 valence electrons. The molecule has 0 saturated heterocycles. The van der Waals surface area contributed by atoms with Crippen LogP contribution in [0.2, 0.25) is 0 Å². The third kappa shape index (κ3) is 5.47. The molecule has 0 aliphatic heterocycles. The first-order valence-electron chi connectivity index (χ1n) is 9.10. The zero-order chi connectivity index (χ0) is 22.6. The Bertz CT molecular complexity index is 1070. The Morgan fingerprint density at radius 2 is 1.90 bits per heavy atom. The van der Waals surface area contributed by atoms with Crippen molar-refractivity contribution < 1.29 is 22.9 Å². The highest BCUT2D eigenvalue weighted by atomic mass is 32.2. The minimum Gasteiger partial charge on any atom is -0.495 e. The van der Waals surface area contributed by atoms with Gasteiger partial charge in [-0.2, -0.15) is 0 Å². The lowest BCUT2D eigenvalue weighted by atomic mass is 10.00. The number of sulfonamides is 1. The predicted octanol–water partition coefficient (Wildman–Crippen LogP) is 2.86. The molecular weight excluding hydrogens is 410 g/mol. The second-order valence-corrected chi connectivity index (χ2v) is 8.94. The summed E-state index contributed by atoms with van der Waals surface area (Å²) in [5.74, 6) is -0.455. The van der Waals surface area contributed by atoms with Crippen molar-refractivity contribution in [3.63, 3.8) is 0 Å². The van der Waals surface area contributed by atoms with Crippen LogP contribution in [0.3, 0.4) is 0 Å². The minimum atomic E-state index is -3.93. The largest absolute Gasteiger partial charge is 0.495 e. The fourth-order valence-electron chi connectivity index (χ4n) is 3.09. The smallest absolute Gasteiger partial charge is 0.271 e. The molecule has 1 atom stereocenters. The predicted molar refractivity (Wildman–Crippen MR) is 114 cm³/mol. The van der Waals surface area contributed by atoms with Gasteiger partial charge in [-0.1, -0.05) is 23.8 Å². The van der Waals surface area contributed by atoms with E-state index in [1.165, 1.54) is 19.2 Å². The van der Waals surface area contributed by atoms with E-state index in [-0.39, 0.29) is 23.2 Å². The number of benzene rings is 2. The first-order chi connectivity index (χ1) is 13.9. The summed E-state index contributed by atoms with van der Waals surface area (Å²) < 4.78 is 30.7. The fraction of sp³-hybridized carbons (Fsp3) is 0.350. The van der Waals surface area contributed by atoms with Crippen molar-refractivity contribution in [3.05, 3.63) is 63.2 Å². The van der Waals surface area contributed by atoms with E-state index in [9.17, 15) is 23.3 Å². The van der Waals surface area contributed by atoms with Crippen molar-refractivity contribution in [2.75, 3.05) is 24.2 Å². The Balaban J connectivity index is 2.34. The molecule has 0 spiro atoms. The van der Waals surface area contributed by atoms with Crippen LogP contribution in [0.4, 0.5) is 11.4 Å². The standard InChI is InChI=1S/C20H25N3O6S/c1-13-6-7-14(2)17(10-13)15(3)21-20(24)12-22(30(5,27)28)18-11-16(23(25)26)8-9-19(18)29-4/h6-11,15H,12H2,1-5H3,(H,21,24)/t15-/m0/s1. The van der Waals surface area contributed by atoms with Gasteiger partial charge < -0.3 is 10.1 Å². The number of carbonyl (C=O) groups is 1. The van der Waals surface area contributed by atoms with Crippen LogP contribution in [0.1, 0.15) is 29.7 Å². The molecule has 0 unspecified atom stereocenters. The zero-order valence-corrected chi connectivity index (χ0v) is 18.3. The molecule has 10 heteroatoms. The molecule has 0 saturated carbocycles. The molecule has 0 fully saturated rings. The van der Waals surface area contributed by atoms with E-state index < -0.39 is 27.4 Å². The topological polar surface area (TPSA) is 119 Å². The van der Waals surface area contributed by atoms with Gasteiger partial charge in [-0.25, -0.2) is 8.42 Å². The van der Waals surface area contributed by atoms with Crippen LogP contribution in [0.5, 0.6) is 5.75 Å². The fourth-order valence-corrected chi connectivity index (χ4v) is 3.94. The molecule has 0 heterocycles. The molecule has 2 rings (SSSR count). The molecular formula is C20H25N3O6S. The quantitative estimate of drug-likeness (QED) is 0.503. The molecule has 9 nitrogen and oxygen atoms in total. The van der Waals surface area contributed by atoms with Gasteiger partial charge in [0.05, 0.1) is 24.3 Å². The van der Waals surface area contributed by atoms with Gasteiger partial charge in [0, 0.05) is 12.1 Å². The second kappa shape index (κ2) is 9.12. The van der Waals surface area contributed by atoms with E-state index in [4.69, 9.17) is 4.74 Å². The number of ether oxygens (including phenoxy) is 1. The van der Waals surface area contributed by atoms with Gasteiger partial charge in [0.15, 0.2) is 0 Å². The summed E-state index contributed by atoms with van der Waals surface area (Å²) in [4.78, 5) is 23.2. The lowest BCUT2D eigenvalue weighted by Crippen LogP contribution is -2.41. The van der Waals surface area contributed by atoms with Gasteiger partial charge in [-0.3, -0.25) is 19.2 Å². The Morgan fingerprint density at radius 1 is 1.23 bits per heavy atom. The summed E-state index contributed by atoms with van der Waals surface area (Å²) in [5, 5.41) is 13.9. The number of amides is 1. The van der Waals surface area contributed by atoms with Crippen LogP contribution < -0.4 is 14.4 Å². The normalized spacial score (nSPS) is 12.2. The number of methoxy groups -OCH3 is 1. The average molecular weight is 436 g/mol. The number of nitrogens with one attached hydrogen (secondary N) is 1. The number of nitro groups is 1. The average Bonchev–Trinajstić information content (AvgIpc) is 2.66. The second-order valence-electron chi connectivity index (χ2n) is 7.03. The molecule has 30 heavy (non-hydrogen) atoms. The summed E-state index contributed by atoms with van der Waals surface area (Å²) in [7, 11) is -2.62. The SMILES string of the molecule is COc1ccc([N+](=O)[O-])cc1N(CC(=O)N[C@@H](C)c1cc(C)ccc1C)S(C)(=O)=O. The van der Waals surface area contributed by atoms with Crippen LogP contribution >= 0.6 is 0 Å². The summed E-state index contributed by atoms with van der Waals surface area (Å²) in [6.07, 6.45) is 0.923. The highest BCUT2D eigenvalue weighted by molar-refractivity contribution is 7.92. The van der Waals surface area contributed by atoms with Gasteiger partial charge in [0.1, 0.15) is 18.0 Å². The van der Waals surface area contributed by atoms with E-state index >= 15 is 0 Å². The number of anilines is 1. The van der Waals surface area contributed by atoms with E-state index in [0.717, 1.165) is 33.3 Å². The maximum absolute atomic E-state index is 12.7. The Hall–Kier alpha value is -3.14. The number of carbonyl (C=O) groups excluding carboxylic acids is 1. The van der Waals surface area contributed by atoms with Crippen LogP contribution in [0, 0.1) is 24.0 Å². The molecule has 0 bridgehead atoms.